The number of ketones is 2. The first-order valence-corrected chi connectivity index (χ1v) is 11.9. The molecule has 3 rings (SSSR count). The monoisotopic (exact) mass is 490 g/mol. The van der Waals surface area contributed by atoms with Gasteiger partial charge in [-0.3, -0.25) is 9.59 Å². The van der Waals surface area contributed by atoms with Crippen molar-refractivity contribution in [3.8, 4) is 5.75 Å². The van der Waals surface area contributed by atoms with E-state index in [9.17, 15) is 18.0 Å². The topological polar surface area (TPSA) is 77.5 Å². The minimum absolute atomic E-state index is 0.0143. The number of ether oxygens (including phenoxy) is 1. The van der Waals surface area contributed by atoms with Crippen molar-refractivity contribution >= 4 is 44.6 Å². The van der Waals surface area contributed by atoms with Crippen LogP contribution in [0.2, 0.25) is 10.0 Å². The molecule has 0 spiro atoms. The summed E-state index contributed by atoms with van der Waals surface area (Å²) < 4.78 is 32.1. The molecular weight excluding hydrogens is 471 g/mol. The molecule has 0 fully saturated rings. The Hall–Kier alpha value is -2.67. The molecule has 8 heteroatoms. The van der Waals surface area contributed by atoms with Crippen molar-refractivity contribution in [2.75, 3.05) is 7.11 Å². The average molecular weight is 491 g/mol. The number of carbonyl (C=O) groups excluding carboxylic acids is 2. The third-order valence-electron chi connectivity index (χ3n) is 4.98. The average Bonchev–Trinajstić information content (AvgIpc) is 2.77. The van der Waals surface area contributed by atoms with Gasteiger partial charge in [0.05, 0.1) is 17.0 Å². The van der Waals surface area contributed by atoms with Crippen molar-refractivity contribution in [1.29, 1.82) is 0 Å². The Morgan fingerprint density at radius 1 is 0.969 bits per heavy atom. The van der Waals surface area contributed by atoms with E-state index < -0.39 is 33.1 Å². The standard InChI is InChI=1S/C24H20Cl2O5S/c1-15-6-9-19(10-7-15)32(29,30)23(24(28)20-11-8-17(25)13-21(20)26)14-22(27)16-4-3-5-18(12-16)31-2/h3-13,23H,14H2,1-2H3/t23-/m1/s1. The van der Waals surface area contributed by atoms with E-state index in [1.54, 1.807) is 30.3 Å². The van der Waals surface area contributed by atoms with Crippen LogP contribution >= 0.6 is 23.2 Å². The lowest BCUT2D eigenvalue weighted by molar-refractivity contribution is 0.0920. The summed E-state index contributed by atoms with van der Waals surface area (Å²) in [7, 11) is -2.75. The van der Waals surface area contributed by atoms with Gasteiger partial charge in [-0.2, -0.15) is 0 Å². The summed E-state index contributed by atoms with van der Waals surface area (Å²) >= 11 is 12.1. The number of aryl methyl sites for hydroxylation is 1. The first-order chi connectivity index (χ1) is 15.1. The molecule has 0 saturated heterocycles. The van der Waals surface area contributed by atoms with Crippen LogP contribution in [-0.4, -0.2) is 32.3 Å². The van der Waals surface area contributed by atoms with Crippen molar-refractivity contribution < 1.29 is 22.7 Å². The highest BCUT2D eigenvalue weighted by atomic mass is 35.5. The van der Waals surface area contributed by atoms with E-state index in [4.69, 9.17) is 27.9 Å². The molecule has 32 heavy (non-hydrogen) atoms. The van der Waals surface area contributed by atoms with Gasteiger partial charge in [0, 0.05) is 22.6 Å². The fraction of sp³-hybridized carbons (Fsp3) is 0.167. The van der Waals surface area contributed by atoms with Crippen molar-refractivity contribution in [1.82, 2.24) is 0 Å². The van der Waals surface area contributed by atoms with E-state index in [0.29, 0.717) is 10.8 Å². The van der Waals surface area contributed by atoms with Gasteiger partial charge < -0.3 is 4.74 Å². The van der Waals surface area contributed by atoms with Crippen LogP contribution in [0.1, 0.15) is 32.7 Å². The van der Waals surface area contributed by atoms with Crippen molar-refractivity contribution in [2.24, 2.45) is 0 Å². The third kappa shape index (κ3) is 5.21. The predicted octanol–water partition coefficient (Wildman–Crippen LogP) is 5.61. The van der Waals surface area contributed by atoms with E-state index in [-0.39, 0.29) is 21.0 Å². The molecule has 0 aliphatic rings. The number of halogens is 2. The number of hydrogen-bond acceptors (Lipinski definition) is 5. The van der Waals surface area contributed by atoms with Crippen LogP contribution in [0, 0.1) is 6.92 Å². The second kappa shape index (κ2) is 9.86. The van der Waals surface area contributed by atoms with Crippen LogP contribution in [0.5, 0.6) is 5.75 Å². The lowest BCUT2D eigenvalue weighted by Crippen LogP contribution is -2.33. The Bertz CT molecular complexity index is 1270. The van der Waals surface area contributed by atoms with E-state index in [0.717, 1.165) is 5.56 Å². The maximum Gasteiger partial charge on any atom is 0.189 e. The number of sulfone groups is 1. The van der Waals surface area contributed by atoms with Gasteiger partial charge in [-0.05, 0) is 49.4 Å². The van der Waals surface area contributed by atoms with Crippen LogP contribution in [0.15, 0.2) is 71.6 Å². The second-order valence-corrected chi connectivity index (χ2v) is 10.2. The molecule has 0 saturated carbocycles. The molecule has 0 unspecified atom stereocenters. The van der Waals surface area contributed by atoms with Gasteiger partial charge in [-0.15, -0.1) is 0 Å². The van der Waals surface area contributed by atoms with Crippen molar-refractivity contribution in [3.63, 3.8) is 0 Å². The summed E-state index contributed by atoms with van der Waals surface area (Å²) in [5.74, 6) is -0.840. The summed E-state index contributed by atoms with van der Waals surface area (Å²) in [6, 6.07) is 16.6. The Kier molecular flexibility index (Phi) is 7.39. The quantitative estimate of drug-likeness (QED) is 0.383. The van der Waals surface area contributed by atoms with E-state index in [1.165, 1.54) is 43.5 Å². The molecule has 0 radical (unpaired) electrons. The van der Waals surface area contributed by atoms with Crippen LogP contribution in [0.3, 0.4) is 0 Å². The molecule has 5 nitrogen and oxygen atoms in total. The number of benzene rings is 3. The van der Waals surface area contributed by atoms with Gasteiger partial charge in [0.2, 0.25) is 0 Å². The number of rotatable bonds is 8. The summed E-state index contributed by atoms with van der Waals surface area (Å²) in [6.45, 7) is 1.82. The summed E-state index contributed by atoms with van der Waals surface area (Å²) in [4.78, 5) is 26.3. The van der Waals surface area contributed by atoms with Gasteiger partial charge in [-0.1, -0.05) is 53.0 Å². The zero-order valence-electron chi connectivity index (χ0n) is 17.3. The molecular formula is C24H20Cl2O5S. The molecule has 0 aromatic heterocycles. The normalized spacial score (nSPS) is 12.2. The highest BCUT2D eigenvalue weighted by molar-refractivity contribution is 7.92. The zero-order chi connectivity index (χ0) is 23.5. The maximum absolute atomic E-state index is 13.5. The van der Waals surface area contributed by atoms with Gasteiger partial charge >= 0.3 is 0 Å². The smallest absolute Gasteiger partial charge is 0.189 e. The van der Waals surface area contributed by atoms with Crippen LogP contribution < -0.4 is 4.74 Å². The maximum atomic E-state index is 13.5. The van der Waals surface area contributed by atoms with E-state index in [2.05, 4.69) is 0 Å². The third-order valence-corrected chi connectivity index (χ3v) is 7.58. The molecule has 3 aromatic carbocycles. The van der Waals surface area contributed by atoms with Gasteiger partial charge in [0.15, 0.2) is 21.4 Å². The number of hydrogen-bond donors (Lipinski definition) is 0. The molecule has 0 aliphatic carbocycles. The second-order valence-electron chi connectivity index (χ2n) is 7.19. The molecule has 0 aliphatic heterocycles. The zero-order valence-corrected chi connectivity index (χ0v) is 19.7. The van der Waals surface area contributed by atoms with Crippen LogP contribution in [0.4, 0.5) is 0 Å². The lowest BCUT2D eigenvalue weighted by atomic mass is 10.0. The molecule has 0 N–H and O–H groups in total. The molecule has 166 valence electrons. The first-order valence-electron chi connectivity index (χ1n) is 9.60. The first kappa shape index (κ1) is 24.0. The molecule has 3 aromatic rings. The highest BCUT2D eigenvalue weighted by Gasteiger charge is 2.37. The summed E-state index contributed by atoms with van der Waals surface area (Å²) in [5.41, 5.74) is 1.08. The molecule has 0 amide bonds. The Morgan fingerprint density at radius 2 is 1.66 bits per heavy atom. The lowest BCUT2D eigenvalue weighted by Gasteiger charge is -2.18. The fourth-order valence-corrected chi connectivity index (χ4v) is 5.31. The number of Topliss-reactive ketones (excluding diaryl/α,β-unsaturated/α-hetero) is 2. The SMILES string of the molecule is COc1cccc(C(=O)C[C@H](C(=O)c2ccc(Cl)cc2Cl)S(=O)(=O)c2ccc(C)cc2)c1. The molecule has 1 atom stereocenters. The van der Waals surface area contributed by atoms with E-state index >= 15 is 0 Å². The van der Waals surface area contributed by atoms with Crippen molar-refractivity contribution in [2.45, 2.75) is 23.5 Å². The molecule has 0 bridgehead atoms. The van der Waals surface area contributed by atoms with Crippen LogP contribution in [-0.2, 0) is 9.84 Å². The molecule has 0 heterocycles. The highest BCUT2D eigenvalue weighted by Crippen LogP contribution is 2.29. The Morgan fingerprint density at radius 3 is 2.28 bits per heavy atom. The van der Waals surface area contributed by atoms with Gasteiger partial charge in [0.25, 0.3) is 0 Å². The number of methoxy groups -OCH3 is 1. The van der Waals surface area contributed by atoms with E-state index in [1.807, 2.05) is 6.92 Å². The van der Waals surface area contributed by atoms with Crippen LogP contribution in [0.25, 0.3) is 0 Å². The van der Waals surface area contributed by atoms with Gasteiger partial charge in [0.1, 0.15) is 11.0 Å². The largest absolute Gasteiger partial charge is 0.497 e. The number of carbonyl (C=O) groups is 2. The Balaban J connectivity index is 2.06. The predicted molar refractivity (Wildman–Crippen MR) is 125 cm³/mol. The summed E-state index contributed by atoms with van der Waals surface area (Å²) in [6.07, 6.45) is -0.554. The summed E-state index contributed by atoms with van der Waals surface area (Å²) in [5, 5.41) is -1.35. The fourth-order valence-electron chi connectivity index (χ4n) is 3.18. The minimum Gasteiger partial charge on any atom is -0.497 e. The minimum atomic E-state index is -4.20. The van der Waals surface area contributed by atoms with Gasteiger partial charge in [-0.25, -0.2) is 8.42 Å². The Labute approximate surface area is 196 Å². The van der Waals surface area contributed by atoms with Crippen molar-refractivity contribution in [3.05, 3.63) is 93.5 Å².